The largest absolute Gasteiger partial charge is 0.310 e. The summed E-state index contributed by atoms with van der Waals surface area (Å²) in [6.45, 7) is 4.72. The molecule has 11 rings (SSSR count). The van der Waals surface area contributed by atoms with Gasteiger partial charge >= 0.3 is 0 Å². The van der Waals surface area contributed by atoms with Crippen LogP contribution < -0.4 is 4.90 Å². The molecule has 0 amide bonds. The molecule has 1 heterocycles. The Bertz CT molecular complexity index is 3120. The number of fused-ring (bicyclic) bond motifs is 8. The van der Waals surface area contributed by atoms with E-state index in [0.717, 1.165) is 11.4 Å². The number of thiophene rings is 1. The first-order valence-corrected chi connectivity index (χ1v) is 19.9. The van der Waals surface area contributed by atoms with Gasteiger partial charge in [0, 0.05) is 42.5 Å². The van der Waals surface area contributed by atoms with E-state index in [1.54, 1.807) is 0 Å². The molecule has 2 heteroatoms. The van der Waals surface area contributed by atoms with Gasteiger partial charge in [0.05, 0.1) is 5.69 Å². The van der Waals surface area contributed by atoms with E-state index >= 15 is 0 Å². The third kappa shape index (κ3) is 4.92. The average Bonchev–Trinajstić information content (AvgIpc) is 3.72. The Kier molecular flexibility index (Phi) is 7.14. The van der Waals surface area contributed by atoms with Crippen molar-refractivity contribution >= 4 is 70.1 Å². The molecule has 55 heavy (non-hydrogen) atoms. The summed E-state index contributed by atoms with van der Waals surface area (Å²) in [6, 6.07) is 69.6. The molecule has 0 unspecified atom stereocenters. The summed E-state index contributed by atoms with van der Waals surface area (Å²) in [4.78, 5) is 2.48. The predicted octanol–water partition coefficient (Wildman–Crippen LogP) is 15.5. The molecule has 1 aliphatic carbocycles. The lowest BCUT2D eigenvalue weighted by molar-refractivity contribution is 0.660. The first kappa shape index (κ1) is 32.0. The van der Waals surface area contributed by atoms with E-state index in [1.807, 2.05) is 11.3 Å². The van der Waals surface area contributed by atoms with Gasteiger partial charge in [-0.25, -0.2) is 0 Å². The first-order chi connectivity index (χ1) is 27.0. The van der Waals surface area contributed by atoms with Gasteiger partial charge < -0.3 is 4.90 Å². The lowest BCUT2D eigenvalue weighted by atomic mass is 9.82. The zero-order valence-corrected chi connectivity index (χ0v) is 31.6. The van der Waals surface area contributed by atoms with Crippen LogP contribution in [0.1, 0.15) is 25.0 Å². The molecule has 0 N–H and O–H groups in total. The molecule has 10 aromatic rings. The van der Waals surface area contributed by atoms with Crippen molar-refractivity contribution in [2.24, 2.45) is 0 Å². The van der Waals surface area contributed by atoms with Crippen LogP contribution in [0.4, 0.5) is 17.1 Å². The molecule has 0 bridgehead atoms. The monoisotopic (exact) mass is 719 g/mol. The maximum Gasteiger partial charge on any atom is 0.0543 e. The second-order valence-corrected chi connectivity index (χ2v) is 16.3. The standard InChI is InChI=1S/C53H37NS/c1-53(2)47-23-7-5-17-45(47)52-48(53)24-12-25-49(52)54(37-31-32-51-46(33-37)44-16-6-8-26-50(44)55-51)36-29-27-35(28-30-36)39-18-10-21-42-41(39)20-11-22-43(42)40-19-9-14-34-13-3-4-15-38(34)40/h3-33H,1-2H3. The Morgan fingerprint density at radius 1 is 0.400 bits per heavy atom. The van der Waals surface area contributed by atoms with Crippen LogP contribution in [0.15, 0.2) is 188 Å². The fourth-order valence-corrected chi connectivity index (χ4v) is 10.3. The van der Waals surface area contributed by atoms with Gasteiger partial charge in [-0.05, 0) is 103 Å². The maximum absolute atomic E-state index is 2.48. The zero-order chi connectivity index (χ0) is 36.7. The predicted molar refractivity (Wildman–Crippen MR) is 237 cm³/mol. The van der Waals surface area contributed by atoms with Gasteiger partial charge in [0.1, 0.15) is 0 Å². The van der Waals surface area contributed by atoms with Crippen molar-refractivity contribution < 1.29 is 0 Å². The zero-order valence-electron chi connectivity index (χ0n) is 30.8. The summed E-state index contributed by atoms with van der Waals surface area (Å²) in [5, 5.41) is 7.66. The summed E-state index contributed by atoms with van der Waals surface area (Å²) in [7, 11) is 0. The van der Waals surface area contributed by atoms with E-state index < -0.39 is 0 Å². The molecule has 0 saturated carbocycles. The molecular formula is C53H37NS. The molecule has 9 aromatic carbocycles. The number of hydrogen-bond donors (Lipinski definition) is 0. The van der Waals surface area contributed by atoms with Gasteiger partial charge in [0.25, 0.3) is 0 Å². The molecule has 0 radical (unpaired) electrons. The van der Waals surface area contributed by atoms with Crippen LogP contribution in [0, 0.1) is 0 Å². The third-order valence-electron chi connectivity index (χ3n) is 11.9. The molecule has 0 saturated heterocycles. The van der Waals surface area contributed by atoms with Crippen LogP contribution in [0.25, 0.3) is 75.1 Å². The minimum absolute atomic E-state index is 0.0930. The van der Waals surface area contributed by atoms with Crippen LogP contribution in [-0.4, -0.2) is 0 Å². The van der Waals surface area contributed by atoms with E-state index in [4.69, 9.17) is 0 Å². The molecule has 0 fully saturated rings. The number of anilines is 3. The van der Waals surface area contributed by atoms with Gasteiger partial charge in [-0.3, -0.25) is 0 Å². The normalized spacial score (nSPS) is 13.1. The van der Waals surface area contributed by atoms with Crippen LogP contribution in [0.2, 0.25) is 0 Å². The Hall–Kier alpha value is -6.48. The van der Waals surface area contributed by atoms with Gasteiger partial charge in [-0.1, -0.05) is 159 Å². The summed E-state index contributed by atoms with van der Waals surface area (Å²) >= 11 is 1.87. The van der Waals surface area contributed by atoms with Crippen molar-refractivity contribution in [3.8, 4) is 33.4 Å². The summed E-state index contributed by atoms with van der Waals surface area (Å²) in [5.41, 5.74) is 13.7. The van der Waals surface area contributed by atoms with Gasteiger partial charge in [0.15, 0.2) is 0 Å². The minimum Gasteiger partial charge on any atom is -0.310 e. The molecule has 1 aliphatic rings. The molecular weight excluding hydrogens is 683 g/mol. The molecule has 0 spiro atoms. The maximum atomic E-state index is 2.48. The number of benzene rings is 9. The topological polar surface area (TPSA) is 3.24 Å². The van der Waals surface area contributed by atoms with Gasteiger partial charge in [-0.15, -0.1) is 11.3 Å². The number of hydrogen-bond acceptors (Lipinski definition) is 2. The van der Waals surface area contributed by atoms with Crippen LogP contribution >= 0.6 is 11.3 Å². The quantitative estimate of drug-likeness (QED) is 0.171. The summed E-state index contributed by atoms with van der Waals surface area (Å²) < 4.78 is 2.63. The third-order valence-corrected chi connectivity index (χ3v) is 13.0. The number of rotatable bonds is 5. The molecule has 260 valence electrons. The summed E-state index contributed by atoms with van der Waals surface area (Å²) in [6.07, 6.45) is 0. The number of nitrogens with zero attached hydrogens (tertiary/aromatic N) is 1. The van der Waals surface area contributed by atoms with Gasteiger partial charge in [0.2, 0.25) is 0 Å². The Labute approximate surface area is 325 Å². The molecule has 1 aromatic heterocycles. The average molecular weight is 720 g/mol. The SMILES string of the molecule is CC1(C)c2ccccc2-c2c(N(c3ccc(-c4cccc5c(-c6cccc7ccccc67)cccc45)cc3)c3ccc4sc5ccccc5c4c3)cccc21. The highest BCUT2D eigenvalue weighted by Crippen LogP contribution is 2.54. The van der Waals surface area contributed by atoms with Crippen molar-refractivity contribution in [3.63, 3.8) is 0 Å². The van der Waals surface area contributed by atoms with Crippen molar-refractivity contribution in [1.29, 1.82) is 0 Å². The minimum atomic E-state index is -0.0930. The Morgan fingerprint density at radius 2 is 0.964 bits per heavy atom. The first-order valence-electron chi connectivity index (χ1n) is 19.1. The van der Waals surface area contributed by atoms with Crippen molar-refractivity contribution in [2.75, 3.05) is 4.90 Å². The molecule has 0 atom stereocenters. The van der Waals surface area contributed by atoms with Crippen molar-refractivity contribution in [1.82, 2.24) is 0 Å². The molecule has 0 aliphatic heterocycles. The second-order valence-electron chi connectivity index (χ2n) is 15.3. The second kappa shape index (κ2) is 12.3. The highest BCUT2D eigenvalue weighted by molar-refractivity contribution is 7.25. The van der Waals surface area contributed by atoms with E-state index in [1.165, 1.54) is 91.9 Å². The molecule has 1 nitrogen and oxygen atoms in total. The highest BCUT2D eigenvalue weighted by Gasteiger charge is 2.37. The van der Waals surface area contributed by atoms with E-state index in [-0.39, 0.29) is 5.41 Å². The smallest absolute Gasteiger partial charge is 0.0543 e. The Morgan fingerprint density at radius 3 is 1.82 bits per heavy atom. The van der Waals surface area contributed by atoms with Crippen molar-refractivity contribution in [3.05, 3.63) is 199 Å². The van der Waals surface area contributed by atoms with Crippen LogP contribution in [0.3, 0.4) is 0 Å². The van der Waals surface area contributed by atoms with Gasteiger partial charge in [-0.2, -0.15) is 0 Å². The van der Waals surface area contributed by atoms with Crippen molar-refractivity contribution in [2.45, 2.75) is 19.3 Å². The van der Waals surface area contributed by atoms with E-state index in [0.29, 0.717) is 0 Å². The van der Waals surface area contributed by atoms with Crippen LogP contribution in [-0.2, 0) is 5.41 Å². The fourth-order valence-electron chi connectivity index (χ4n) is 9.25. The van der Waals surface area contributed by atoms with E-state index in [9.17, 15) is 0 Å². The van der Waals surface area contributed by atoms with E-state index in [2.05, 4.69) is 207 Å². The lowest BCUT2D eigenvalue weighted by Crippen LogP contribution is -2.16. The van der Waals surface area contributed by atoms with Crippen LogP contribution in [0.5, 0.6) is 0 Å². The lowest BCUT2D eigenvalue weighted by Gasteiger charge is -2.29. The Balaban J connectivity index is 1.08. The fraction of sp³-hybridized carbons (Fsp3) is 0.0566. The summed E-state index contributed by atoms with van der Waals surface area (Å²) in [5.74, 6) is 0. The highest BCUT2D eigenvalue weighted by atomic mass is 32.1.